The van der Waals surface area contributed by atoms with Crippen LogP contribution in [0.4, 0.5) is 0 Å². The fourth-order valence-corrected chi connectivity index (χ4v) is 6.31. The molecule has 0 radical (unpaired) electrons. The van der Waals surface area contributed by atoms with Crippen LogP contribution in [0.5, 0.6) is 0 Å². The van der Waals surface area contributed by atoms with Crippen LogP contribution in [0.2, 0.25) is 0 Å². The number of likely N-dealkylation sites (N-methyl/N-ethyl adjacent to an activating group) is 1. The fourth-order valence-electron chi connectivity index (χ4n) is 6.31. The van der Waals surface area contributed by atoms with E-state index >= 15 is 0 Å². The number of amides is 1. The summed E-state index contributed by atoms with van der Waals surface area (Å²) in [5, 5.41) is 18.4. The van der Waals surface area contributed by atoms with Crippen LogP contribution in [0.25, 0.3) is 0 Å². The zero-order chi connectivity index (χ0) is 20.4. The van der Waals surface area contributed by atoms with E-state index in [2.05, 4.69) is 9.80 Å². The molecule has 0 unspecified atom stereocenters. The molecule has 2 aliphatic heterocycles. The van der Waals surface area contributed by atoms with Crippen LogP contribution in [-0.2, 0) is 4.79 Å². The lowest BCUT2D eigenvalue weighted by Gasteiger charge is -2.37. The second kappa shape index (κ2) is 9.34. The summed E-state index contributed by atoms with van der Waals surface area (Å²) >= 11 is 0. The van der Waals surface area contributed by atoms with Crippen LogP contribution < -0.4 is 0 Å². The predicted octanol–water partition coefficient (Wildman–Crippen LogP) is 3.05. The van der Waals surface area contributed by atoms with Gasteiger partial charge in [-0.3, -0.25) is 20.0 Å². The first-order chi connectivity index (χ1) is 14.0. The van der Waals surface area contributed by atoms with Crippen LogP contribution >= 0.6 is 0 Å². The lowest BCUT2D eigenvalue weighted by Crippen LogP contribution is -2.41. The topological polar surface area (TPSA) is 70.9 Å². The maximum absolute atomic E-state index is 12.9. The van der Waals surface area contributed by atoms with Crippen molar-refractivity contribution in [3.63, 3.8) is 0 Å². The molecule has 2 saturated carbocycles. The van der Waals surface area contributed by atoms with Gasteiger partial charge in [-0.25, -0.2) is 0 Å². The van der Waals surface area contributed by atoms with Crippen molar-refractivity contribution in [1.29, 1.82) is 5.41 Å². The quantitative estimate of drug-likeness (QED) is 0.714. The smallest absolute Gasteiger partial charge is 0.251 e. The molecule has 4 rings (SSSR count). The standard InChI is InChI=1S/C23H40N4O2/c1-25-22(29)21(27(23(25)24)13-10-17-6-3-2-4-7-17)15-18-8-5-9-19(14-18)26-12-11-20(28)16-26/h17-21,24,28H,2-16H2,1H3/t18-,19-,20+,21+/m0/s1. The molecule has 0 aromatic heterocycles. The monoisotopic (exact) mass is 404 g/mol. The van der Waals surface area contributed by atoms with Crippen molar-refractivity contribution in [1.82, 2.24) is 14.7 Å². The Morgan fingerprint density at radius 3 is 2.52 bits per heavy atom. The van der Waals surface area contributed by atoms with Crippen LogP contribution in [-0.4, -0.2) is 76.5 Å². The number of hydrogen-bond acceptors (Lipinski definition) is 4. The van der Waals surface area contributed by atoms with E-state index in [1.165, 1.54) is 51.4 Å². The highest BCUT2D eigenvalue weighted by atomic mass is 16.3. The first-order valence-corrected chi connectivity index (χ1v) is 12.1. The number of guanidine groups is 1. The zero-order valence-corrected chi connectivity index (χ0v) is 18.2. The molecule has 0 aromatic rings. The molecule has 6 nitrogen and oxygen atoms in total. The van der Waals surface area contributed by atoms with Crippen LogP contribution in [0.15, 0.2) is 0 Å². The SMILES string of the molecule is CN1C(=N)N(CCC2CCCCC2)[C@H](C[C@H]2CCC[C@H](N3CC[C@@H](O)C3)C2)C1=O. The van der Waals surface area contributed by atoms with E-state index in [0.29, 0.717) is 17.9 Å². The van der Waals surface area contributed by atoms with E-state index in [9.17, 15) is 9.90 Å². The Balaban J connectivity index is 1.35. The van der Waals surface area contributed by atoms with Crippen molar-refractivity contribution >= 4 is 11.9 Å². The fraction of sp³-hybridized carbons (Fsp3) is 0.913. The minimum atomic E-state index is -0.156. The van der Waals surface area contributed by atoms with Crippen molar-refractivity contribution in [3.05, 3.63) is 0 Å². The molecule has 0 bridgehead atoms. The van der Waals surface area contributed by atoms with Gasteiger partial charge in [-0.05, 0) is 43.9 Å². The average Bonchev–Trinajstić information content (AvgIpc) is 3.26. The second-order valence-electron chi connectivity index (χ2n) is 10.1. The largest absolute Gasteiger partial charge is 0.392 e. The van der Waals surface area contributed by atoms with Crippen molar-refractivity contribution in [3.8, 4) is 0 Å². The number of β-amino-alcohol motifs (C(OH)–C–C–N with tert-alkyl or cyclic N) is 1. The minimum Gasteiger partial charge on any atom is -0.392 e. The Bertz CT molecular complexity index is 591. The Hall–Kier alpha value is -1.14. The summed E-state index contributed by atoms with van der Waals surface area (Å²) in [7, 11) is 1.77. The van der Waals surface area contributed by atoms with Gasteiger partial charge < -0.3 is 10.0 Å². The molecule has 2 heterocycles. The lowest BCUT2D eigenvalue weighted by atomic mass is 9.81. The minimum absolute atomic E-state index is 0.123. The molecule has 2 saturated heterocycles. The molecule has 2 aliphatic carbocycles. The molecule has 29 heavy (non-hydrogen) atoms. The molecular weight excluding hydrogens is 364 g/mol. The van der Waals surface area contributed by atoms with Gasteiger partial charge in [0.05, 0.1) is 6.10 Å². The highest BCUT2D eigenvalue weighted by Crippen LogP contribution is 2.35. The van der Waals surface area contributed by atoms with Gasteiger partial charge in [0.1, 0.15) is 6.04 Å². The Labute approximate surface area is 176 Å². The van der Waals surface area contributed by atoms with Gasteiger partial charge in [-0.1, -0.05) is 44.9 Å². The summed E-state index contributed by atoms with van der Waals surface area (Å²) in [5.74, 6) is 1.86. The van der Waals surface area contributed by atoms with Crippen molar-refractivity contribution in [2.45, 2.75) is 95.2 Å². The molecule has 6 heteroatoms. The summed E-state index contributed by atoms with van der Waals surface area (Å²) in [6.45, 7) is 2.70. The first-order valence-electron chi connectivity index (χ1n) is 12.1. The van der Waals surface area contributed by atoms with Crippen molar-refractivity contribution in [2.24, 2.45) is 11.8 Å². The molecule has 1 amide bonds. The molecular formula is C23H40N4O2. The van der Waals surface area contributed by atoms with Gasteiger partial charge in [0.2, 0.25) is 5.96 Å². The lowest BCUT2D eigenvalue weighted by molar-refractivity contribution is -0.127. The van der Waals surface area contributed by atoms with E-state index < -0.39 is 0 Å². The molecule has 0 aromatic carbocycles. The highest BCUT2D eigenvalue weighted by molar-refractivity contribution is 6.04. The Morgan fingerprint density at radius 2 is 1.79 bits per heavy atom. The Morgan fingerprint density at radius 1 is 1.03 bits per heavy atom. The van der Waals surface area contributed by atoms with Gasteiger partial charge in [0.15, 0.2) is 0 Å². The number of hydrogen-bond donors (Lipinski definition) is 2. The normalized spacial score (nSPS) is 35.1. The number of nitrogens with zero attached hydrogens (tertiary/aromatic N) is 3. The first kappa shape index (κ1) is 21.1. The summed E-state index contributed by atoms with van der Waals surface area (Å²) in [6.07, 6.45) is 14.3. The molecule has 4 aliphatic rings. The van der Waals surface area contributed by atoms with Gasteiger partial charge >= 0.3 is 0 Å². The third-order valence-electron chi connectivity index (χ3n) is 8.11. The number of nitrogens with one attached hydrogen (secondary N) is 1. The number of aliphatic hydroxyl groups excluding tert-OH is 1. The number of rotatable bonds is 6. The van der Waals surface area contributed by atoms with Crippen LogP contribution in [0, 0.1) is 17.2 Å². The number of carbonyl (C=O) groups is 1. The van der Waals surface area contributed by atoms with Crippen molar-refractivity contribution < 1.29 is 9.90 Å². The van der Waals surface area contributed by atoms with Crippen LogP contribution in [0.1, 0.15) is 77.0 Å². The predicted molar refractivity (Wildman–Crippen MR) is 115 cm³/mol. The van der Waals surface area contributed by atoms with E-state index in [1.807, 2.05) is 0 Å². The third kappa shape index (κ3) is 4.79. The summed E-state index contributed by atoms with van der Waals surface area (Å²) in [5.41, 5.74) is 0. The maximum atomic E-state index is 12.9. The van der Waals surface area contributed by atoms with Gasteiger partial charge in [-0.2, -0.15) is 0 Å². The molecule has 2 N–H and O–H groups in total. The van der Waals surface area contributed by atoms with Gasteiger partial charge in [0, 0.05) is 32.7 Å². The molecule has 164 valence electrons. The number of carbonyl (C=O) groups excluding carboxylic acids is 1. The average molecular weight is 405 g/mol. The zero-order valence-electron chi connectivity index (χ0n) is 18.2. The van der Waals surface area contributed by atoms with E-state index in [1.54, 1.807) is 11.9 Å². The number of likely N-dealkylation sites (tertiary alicyclic amines) is 1. The van der Waals surface area contributed by atoms with Crippen molar-refractivity contribution in [2.75, 3.05) is 26.7 Å². The van der Waals surface area contributed by atoms with E-state index in [0.717, 1.165) is 51.2 Å². The van der Waals surface area contributed by atoms with Crippen LogP contribution in [0.3, 0.4) is 0 Å². The molecule has 4 fully saturated rings. The summed E-state index contributed by atoms with van der Waals surface area (Å²) in [6, 6.07) is 0.430. The summed E-state index contributed by atoms with van der Waals surface area (Å²) in [4.78, 5) is 19.1. The summed E-state index contributed by atoms with van der Waals surface area (Å²) < 4.78 is 0. The second-order valence-corrected chi connectivity index (χ2v) is 10.1. The third-order valence-corrected chi connectivity index (χ3v) is 8.11. The number of aliphatic hydroxyl groups is 1. The van der Waals surface area contributed by atoms with E-state index in [-0.39, 0.29) is 18.1 Å². The van der Waals surface area contributed by atoms with Gasteiger partial charge in [-0.15, -0.1) is 0 Å². The maximum Gasteiger partial charge on any atom is 0.251 e. The highest BCUT2D eigenvalue weighted by Gasteiger charge is 2.42. The van der Waals surface area contributed by atoms with Gasteiger partial charge in [0.25, 0.3) is 5.91 Å². The molecule has 4 atom stereocenters. The Kier molecular flexibility index (Phi) is 6.80. The molecule has 0 spiro atoms. The van der Waals surface area contributed by atoms with E-state index in [4.69, 9.17) is 5.41 Å².